The summed E-state index contributed by atoms with van der Waals surface area (Å²) in [4.78, 5) is 0. The maximum atomic E-state index is 4.28. The molecule has 0 aliphatic heterocycles. The van der Waals surface area contributed by atoms with Crippen LogP contribution in [-0.4, -0.2) is 16.7 Å². The molecule has 0 amide bonds. The summed E-state index contributed by atoms with van der Waals surface area (Å²) in [7, 11) is 0. The van der Waals surface area contributed by atoms with Crippen LogP contribution in [0, 0.1) is 19.8 Å². The first kappa shape index (κ1) is 14.2. The Morgan fingerprint density at radius 3 is 2.63 bits per heavy atom. The van der Waals surface area contributed by atoms with E-state index < -0.39 is 0 Å². The van der Waals surface area contributed by atoms with E-state index in [1.807, 2.05) is 0 Å². The number of nitrogens with one attached hydrogen (secondary N) is 1. The first-order chi connectivity index (χ1) is 9.06. The Bertz CT molecular complexity index is 546. The lowest BCUT2D eigenvalue weighted by molar-refractivity contribution is 0.550. The van der Waals surface area contributed by atoms with E-state index in [1.54, 1.807) is 11.3 Å². The number of hydrogen-bond acceptors (Lipinski definition) is 4. The van der Waals surface area contributed by atoms with E-state index in [4.69, 9.17) is 0 Å². The minimum atomic E-state index is 0.659. The van der Waals surface area contributed by atoms with Gasteiger partial charge in [-0.25, -0.2) is 0 Å². The first-order valence-corrected chi connectivity index (χ1v) is 7.48. The van der Waals surface area contributed by atoms with Crippen molar-refractivity contribution in [2.75, 3.05) is 6.54 Å². The zero-order chi connectivity index (χ0) is 13.8. The van der Waals surface area contributed by atoms with Crippen LogP contribution in [-0.2, 0) is 6.54 Å². The van der Waals surface area contributed by atoms with E-state index in [0.29, 0.717) is 5.92 Å². The topological polar surface area (TPSA) is 37.8 Å². The molecular weight excluding hydrogens is 254 g/mol. The lowest BCUT2D eigenvalue weighted by Crippen LogP contribution is -2.18. The predicted octanol–water partition coefficient (Wildman–Crippen LogP) is 3.57. The molecule has 1 N–H and O–H groups in total. The van der Waals surface area contributed by atoms with Gasteiger partial charge in [-0.1, -0.05) is 37.3 Å². The molecule has 0 radical (unpaired) electrons. The van der Waals surface area contributed by atoms with Crippen LogP contribution >= 0.6 is 11.3 Å². The van der Waals surface area contributed by atoms with Gasteiger partial charge in [-0.15, -0.1) is 10.2 Å². The fraction of sp³-hybridized carbons (Fsp3) is 0.467. The molecule has 4 heteroatoms. The number of rotatable bonds is 5. The number of benzene rings is 1. The molecule has 2 rings (SSSR count). The summed E-state index contributed by atoms with van der Waals surface area (Å²) in [5.41, 5.74) is 3.77. The van der Waals surface area contributed by atoms with Crippen LogP contribution in [0.2, 0.25) is 0 Å². The Labute approximate surface area is 119 Å². The summed E-state index contributed by atoms with van der Waals surface area (Å²) in [6.07, 6.45) is 0. The van der Waals surface area contributed by atoms with Gasteiger partial charge in [0, 0.05) is 12.1 Å². The van der Waals surface area contributed by atoms with Crippen molar-refractivity contribution < 1.29 is 0 Å². The second-order valence-corrected chi connectivity index (χ2v) is 6.39. The summed E-state index contributed by atoms with van der Waals surface area (Å²) >= 11 is 1.67. The average molecular weight is 275 g/mol. The predicted molar refractivity (Wildman–Crippen MR) is 81.4 cm³/mol. The lowest BCUT2D eigenvalue weighted by atomic mass is 10.1. The molecular formula is C15H21N3S. The molecule has 0 unspecified atom stereocenters. The van der Waals surface area contributed by atoms with Gasteiger partial charge in [0.05, 0.1) is 0 Å². The number of aromatic nitrogens is 2. The van der Waals surface area contributed by atoms with Gasteiger partial charge in [0.2, 0.25) is 0 Å². The zero-order valence-electron chi connectivity index (χ0n) is 12.0. The minimum absolute atomic E-state index is 0.659. The molecule has 0 saturated heterocycles. The highest BCUT2D eigenvalue weighted by Gasteiger charge is 2.07. The van der Waals surface area contributed by atoms with E-state index in [9.17, 15) is 0 Å². The molecule has 0 atom stereocenters. The minimum Gasteiger partial charge on any atom is -0.310 e. The molecule has 1 aromatic carbocycles. The molecule has 3 nitrogen and oxygen atoms in total. The fourth-order valence-corrected chi connectivity index (χ4v) is 2.59. The van der Waals surface area contributed by atoms with Crippen molar-refractivity contribution in [3.63, 3.8) is 0 Å². The van der Waals surface area contributed by atoms with E-state index in [0.717, 1.165) is 28.7 Å². The molecule has 0 bridgehead atoms. The van der Waals surface area contributed by atoms with Crippen molar-refractivity contribution in [2.45, 2.75) is 34.2 Å². The molecule has 1 heterocycles. The van der Waals surface area contributed by atoms with Crippen molar-refractivity contribution >= 4 is 11.3 Å². The van der Waals surface area contributed by atoms with Crippen LogP contribution in [0.4, 0.5) is 0 Å². The van der Waals surface area contributed by atoms with Gasteiger partial charge in [-0.3, -0.25) is 0 Å². The van der Waals surface area contributed by atoms with Gasteiger partial charge in [0.25, 0.3) is 0 Å². The Kier molecular flexibility index (Phi) is 4.66. The summed E-state index contributed by atoms with van der Waals surface area (Å²) in [5, 5.41) is 14.0. The SMILES string of the molecule is Cc1ccc(-c2nnc(CNCC(C)C)s2)cc1C. The van der Waals surface area contributed by atoms with Gasteiger partial charge >= 0.3 is 0 Å². The zero-order valence-corrected chi connectivity index (χ0v) is 12.8. The standard InChI is InChI=1S/C15H21N3S/c1-10(2)8-16-9-14-17-18-15(19-14)13-6-5-11(3)12(4)7-13/h5-7,10,16H,8-9H2,1-4H3. The molecule has 19 heavy (non-hydrogen) atoms. The normalized spacial score (nSPS) is 11.2. The van der Waals surface area contributed by atoms with Crippen LogP contribution in [0.1, 0.15) is 30.0 Å². The molecule has 0 fully saturated rings. The number of nitrogens with zero attached hydrogens (tertiary/aromatic N) is 2. The van der Waals surface area contributed by atoms with Crippen molar-refractivity contribution in [1.82, 2.24) is 15.5 Å². The molecule has 0 spiro atoms. The summed E-state index contributed by atoms with van der Waals surface area (Å²) in [5.74, 6) is 0.659. The summed E-state index contributed by atoms with van der Waals surface area (Å²) in [6.45, 7) is 10.5. The molecule has 0 aliphatic carbocycles. The quantitative estimate of drug-likeness (QED) is 0.906. The van der Waals surface area contributed by atoms with Crippen molar-refractivity contribution in [1.29, 1.82) is 0 Å². The maximum absolute atomic E-state index is 4.28. The Morgan fingerprint density at radius 2 is 1.95 bits per heavy atom. The Balaban J connectivity index is 2.05. The Morgan fingerprint density at radius 1 is 1.16 bits per heavy atom. The van der Waals surface area contributed by atoms with Crippen LogP contribution in [0.3, 0.4) is 0 Å². The molecule has 1 aromatic heterocycles. The fourth-order valence-electron chi connectivity index (χ4n) is 1.78. The molecule has 0 aliphatic rings. The second kappa shape index (κ2) is 6.26. The highest BCUT2D eigenvalue weighted by molar-refractivity contribution is 7.14. The van der Waals surface area contributed by atoms with Crippen LogP contribution in [0.15, 0.2) is 18.2 Å². The summed E-state index contributed by atoms with van der Waals surface area (Å²) < 4.78 is 0. The molecule has 102 valence electrons. The van der Waals surface area contributed by atoms with Gasteiger partial charge in [0.1, 0.15) is 10.0 Å². The first-order valence-electron chi connectivity index (χ1n) is 6.67. The van der Waals surface area contributed by atoms with Crippen LogP contribution < -0.4 is 5.32 Å². The smallest absolute Gasteiger partial charge is 0.147 e. The monoisotopic (exact) mass is 275 g/mol. The van der Waals surface area contributed by atoms with E-state index in [-0.39, 0.29) is 0 Å². The lowest BCUT2D eigenvalue weighted by Gasteiger charge is -2.04. The third-order valence-corrected chi connectivity index (χ3v) is 4.02. The van der Waals surface area contributed by atoms with E-state index >= 15 is 0 Å². The van der Waals surface area contributed by atoms with Crippen molar-refractivity contribution in [2.24, 2.45) is 5.92 Å². The number of aryl methyl sites for hydroxylation is 2. The highest BCUT2D eigenvalue weighted by atomic mass is 32.1. The van der Waals surface area contributed by atoms with E-state index in [2.05, 4.69) is 61.4 Å². The van der Waals surface area contributed by atoms with Gasteiger partial charge < -0.3 is 5.32 Å². The van der Waals surface area contributed by atoms with Crippen molar-refractivity contribution in [3.8, 4) is 10.6 Å². The third kappa shape index (κ3) is 3.85. The molecule has 2 aromatic rings. The van der Waals surface area contributed by atoms with Gasteiger partial charge in [-0.05, 0) is 43.5 Å². The van der Waals surface area contributed by atoms with Crippen LogP contribution in [0.25, 0.3) is 10.6 Å². The van der Waals surface area contributed by atoms with Gasteiger partial charge in [-0.2, -0.15) is 0 Å². The number of hydrogen-bond donors (Lipinski definition) is 1. The average Bonchev–Trinajstić information content (AvgIpc) is 2.81. The second-order valence-electron chi connectivity index (χ2n) is 5.32. The maximum Gasteiger partial charge on any atom is 0.147 e. The van der Waals surface area contributed by atoms with Crippen LogP contribution in [0.5, 0.6) is 0 Å². The Hall–Kier alpha value is -1.26. The highest BCUT2D eigenvalue weighted by Crippen LogP contribution is 2.25. The van der Waals surface area contributed by atoms with E-state index in [1.165, 1.54) is 11.1 Å². The summed E-state index contributed by atoms with van der Waals surface area (Å²) in [6, 6.07) is 6.44. The molecule has 0 saturated carbocycles. The largest absolute Gasteiger partial charge is 0.310 e. The van der Waals surface area contributed by atoms with Crippen molar-refractivity contribution in [3.05, 3.63) is 34.3 Å². The van der Waals surface area contributed by atoms with Gasteiger partial charge in [0.15, 0.2) is 0 Å². The third-order valence-electron chi connectivity index (χ3n) is 3.05.